The highest BCUT2D eigenvalue weighted by atomic mass is 79.9. The van der Waals surface area contributed by atoms with Gasteiger partial charge in [-0.3, -0.25) is 9.36 Å². The van der Waals surface area contributed by atoms with Crippen LogP contribution >= 0.6 is 15.9 Å². The van der Waals surface area contributed by atoms with Crippen LogP contribution in [0.5, 0.6) is 0 Å². The van der Waals surface area contributed by atoms with Gasteiger partial charge in [0.25, 0.3) is 5.56 Å². The van der Waals surface area contributed by atoms with E-state index in [9.17, 15) is 9.18 Å². The maximum Gasteiger partial charge on any atom is 0.269 e. The Kier molecular flexibility index (Phi) is 5.28. The second-order valence-electron chi connectivity index (χ2n) is 5.71. The van der Waals surface area contributed by atoms with Crippen LogP contribution in [-0.4, -0.2) is 9.13 Å². The van der Waals surface area contributed by atoms with Crippen LogP contribution in [0.4, 0.5) is 4.39 Å². The van der Waals surface area contributed by atoms with Crippen molar-refractivity contribution in [3.05, 3.63) is 98.2 Å². The molecule has 0 saturated heterocycles. The standard InChI is InChI=1S/C19H17BrFN3O/c1-23-13-17(20)18(25)24(12-15-7-9-16(21)10-8-15)19(23)22-11-14-5-3-2-4-6-14/h2-10,13H,11-12H2,1H3. The molecule has 0 fully saturated rings. The van der Waals surface area contributed by atoms with Gasteiger partial charge in [0.1, 0.15) is 5.82 Å². The first kappa shape index (κ1) is 17.4. The molecule has 0 atom stereocenters. The zero-order valence-electron chi connectivity index (χ0n) is 13.7. The molecule has 1 aromatic heterocycles. The van der Waals surface area contributed by atoms with E-state index in [1.54, 1.807) is 27.5 Å². The highest BCUT2D eigenvalue weighted by Crippen LogP contribution is 2.05. The molecule has 0 saturated carbocycles. The number of aromatic nitrogens is 2. The Bertz CT molecular complexity index is 992. The van der Waals surface area contributed by atoms with E-state index in [4.69, 9.17) is 0 Å². The molecular weight excluding hydrogens is 385 g/mol. The maximum atomic E-state index is 13.1. The summed E-state index contributed by atoms with van der Waals surface area (Å²) in [6.07, 6.45) is 1.70. The minimum atomic E-state index is -0.301. The third-order valence-corrected chi connectivity index (χ3v) is 4.36. The van der Waals surface area contributed by atoms with Gasteiger partial charge < -0.3 is 4.57 Å². The molecule has 0 spiro atoms. The molecule has 128 valence electrons. The summed E-state index contributed by atoms with van der Waals surface area (Å²) < 4.78 is 17.0. The van der Waals surface area contributed by atoms with E-state index in [2.05, 4.69) is 20.9 Å². The van der Waals surface area contributed by atoms with Crippen LogP contribution < -0.4 is 11.2 Å². The highest BCUT2D eigenvalue weighted by Gasteiger charge is 2.08. The van der Waals surface area contributed by atoms with Gasteiger partial charge in [0.2, 0.25) is 5.62 Å². The lowest BCUT2D eigenvalue weighted by Crippen LogP contribution is -2.40. The monoisotopic (exact) mass is 401 g/mol. The topological polar surface area (TPSA) is 39.3 Å². The van der Waals surface area contributed by atoms with Crippen molar-refractivity contribution in [3.63, 3.8) is 0 Å². The molecule has 0 N–H and O–H groups in total. The predicted octanol–water partition coefficient (Wildman–Crippen LogP) is 3.24. The van der Waals surface area contributed by atoms with Crippen LogP contribution in [0.1, 0.15) is 11.1 Å². The Morgan fingerprint density at radius 2 is 1.72 bits per heavy atom. The average molecular weight is 402 g/mol. The molecule has 6 heteroatoms. The van der Waals surface area contributed by atoms with Crippen LogP contribution in [0.15, 0.2) is 75.1 Å². The second-order valence-corrected chi connectivity index (χ2v) is 6.56. The van der Waals surface area contributed by atoms with Crippen molar-refractivity contribution in [2.45, 2.75) is 13.1 Å². The minimum absolute atomic E-state index is 0.172. The summed E-state index contributed by atoms with van der Waals surface area (Å²) in [5.41, 5.74) is 2.28. The predicted molar refractivity (Wildman–Crippen MR) is 98.6 cm³/mol. The summed E-state index contributed by atoms with van der Waals surface area (Å²) >= 11 is 3.30. The first-order chi connectivity index (χ1) is 12.0. The molecule has 0 amide bonds. The van der Waals surface area contributed by atoms with Crippen molar-refractivity contribution in [1.82, 2.24) is 9.13 Å². The molecule has 3 aromatic rings. The molecule has 2 aromatic carbocycles. The van der Waals surface area contributed by atoms with Crippen molar-refractivity contribution in [1.29, 1.82) is 0 Å². The molecule has 3 rings (SSSR count). The van der Waals surface area contributed by atoms with E-state index in [1.807, 2.05) is 37.4 Å². The zero-order chi connectivity index (χ0) is 17.8. The van der Waals surface area contributed by atoms with Crippen molar-refractivity contribution in [3.8, 4) is 0 Å². The Morgan fingerprint density at radius 1 is 1.04 bits per heavy atom. The van der Waals surface area contributed by atoms with Gasteiger partial charge in [0.05, 0.1) is 17.6 Å². The number of nitrogens with zero attached hydrogens (tertiary/aromatic N) is 3. The molecule has 0 bridgehead atoms. The highest BCUT2D eigenvalue weighted by molar-refractivity contribution is 9.10. The summed E-state index contributed by atoms with van der Waals surface area (Å²) in [6, 6.07) is 16.0. The quantitative estimate of drug-likeness (QED) is 0.661. The minimum Gasteiger partial charge on any atom is -0.321 e. The molecule has 1 heterocycles. The lowest BCUT2D eigenvalue weighted by molar-refractivity contribution is 0.598. The first-order valence-electron chi connectivity index (χ1n) is 7.79. The van der Waals surface area contributed by atoms with E-state index < -0.39 is 0 Å². The molecule has 0 unspecified atom stereocenters. The maximum absolute atomic E-state index is 13.1. The smallest absolute Gasteiger partial charge is 0.269 e. The fourth-order valence-electron chi connectivity index (χ4n) is 2.55. The number of hydrogen-bond donors (Lipinski definition) is 0. The normalized spacial score (nSPS) is 11.7. The van der Waals surface area contributed by atoms with E-state index in [0.717, 1.165) is 11.1 Å². The lowest BCUT2D eigenvalue weighted by atomic mass is 10.2. The third kappa shape index (κ3) is 4.14. The number of benzene rings is 2. The van der Waals surface area contributed by atoms with Crippen LogP contribution in [0.2, 0.25) is 0 Å². The van der Waals surface area contributed by atoms with Crippen molar-refractivity contribution in [2.75, 3.05) is 0 Å². The van der Waals surface area contributed by atoms with Gasteiger partial charge in [-0.25, -0.2) is 9.38 Å². The summed E-state index contributed by atoms with van der Waals surface area (Å²) in [6.45, 7) is 0.791. The molecule has 0 aliphatic heterocycles. The second kappa shape index (κ2) is 7.61. The van der Waals surface area contributed by atoms with Gasteiger partial charge in [0, 0.05) is 13.2 Å². The first-order valence-corrected chi connectivity index (χ1v) is 8.59. The molecule has 0 radical (unpaired) electrons. The molecule has 25 heavy (non-hydrogen) atoms. The van der Waals surface area contributed by atoms with E-state index in [1.165, 1.54) is 12.1 Å². The largest absolute Gasteiger partial charge is 0.321 e. The molecular formula is C19H17BrFN3O. The summed E-state index contributed by atoms with van der Waals surface area (Å²) in [5.74, 6) is -0.301. The third-order valence-electron chi connectivity index (χ3n) is 3.81. The fourth-order valence-corrected chi connectivity index (χ4v) is 3.07. The Labute approximate surface area is 153 Å². The SMILES string of the molecule is Cn1cc(Br)c(=O)n(Cc2ccc(F)cc2)c1=NCc1ccccc1. The summed E-state index contributed by atoms with van der Waals surface area (Å²) in [7, 11) is 1.84. The molecule has 0 aliphatic carbocycles. The van der Waals surface area contributed by atoms with Gasteiger partial charge in [-0.2, -0.15) is 0 Å². The Balaban J connectivity index is 2.06. The number of hydrogen-bond acceptors (Lipinski definition) is 2. The number of aryl methyl sites for hydroxylation is 1. The van der Waals surface area contributed by atoms with Crippen LogP contribution in [0.25, 0.3) is 0 Å². The zero-order valence-corrected chi connectivity index (χ0v) is 15.3. The van der Waals surface area contributed by atoms with Crippen LogP contribution in [0.3, 0.4) is 0 Å². The number of halogens is 2. The fraction of sp³-hybridized carbons (Fsp3) is 0.158. The van der Waals surface area contributed by atoms with Gasteiger partial charge in [-0.15, -0.1) is 0 Å². The van der Waals surface area contributed by atoms with Crippen molar-refractivity contribution in [2.24, 2.45) is 12.0 Å². The van der Waals surface area contributed by atoms with Gasteiger partial charge in [-0.05, 0) is 39.2 Å². The number of rotatable bonds is 4. The van der Waals surface area contributed by atoms with Crippen LogP contribution in [0, 0.1) is 5.82 Å². The van der Waals surface area contributed by atoms with E-state index >= 15 is 0 Å². The average Bonchev–Trinajstić information content (AvgIpc) is 2.61. The van der Waals surface area contributed by atoms with Gasteiger partial charge in [-0.1, -0.05) is 42.5 Å². The Hall–Kier alpha value is -2.47. The van der Waals surface area contributed by atoms with E-state index in [-0.39, 0.29) is 11.4 Å². The Morgan fingerprint density at radius 3 is 2.40 bits per heavy atom. The lowest BCUT2D eigenvalue weighted by Gasteiger charge is -2.11. The van der Waals surface area contributed by atoms with Gasteiger partial charge in [0.15, 0.2) is 0 Å². The summed E-state index contributed by atoms with van der Waals surface area (Å²) in [5, 5.41) is 0. The molecule has 4 nitrogen and oxygen atoms in total. The molecule has 0 aliphatic rings. The van der Waals surface area contributed by atoms with Crippen molar-refractivity contribution >= 4 is 15.9 Å². The van der Waals surface area contributed by atoms with E-state index in [0.29, 0.717) is 23.2 Å². The van der Waals surface area contributed by atoms with Crippen molar-refractivity contribution < 1.29 is 4.39 Å². The van der Waals surface area contributed by atoms with Gasteiger partial charge >= 0.3 is 0 Å². The van der Waals surface area contributed by atoms with Crippen LogP contribution in [-0.2, 0) is 20.1 Å². The summed E-state index contributed by atoms with van der Waals surface area (Å²) in [4.78, 5) is 17.2.